The van der Waals surface area contributed by atoms with Gasteiger partial charge in [0.15, 0.2) is 0 Å². The van der Waals surface area contributed by atoms with Crippen LogP contribution in [0.3, 0.4) is 0 Å². The van der Waals surface area contributed by atoms with Gasteiger partial charge in [-0.2, -0.15) is 0 Å². The van der Waals surface area contributed by atoms with Gasteiger partial charge in [-0.25, -0.2) is 0 Å². The fraction of sp³-hybridized carbons (Fsp3) is 0.538. The van der Waals surface area contributed by atoms with E-state index in [2.05, 4.69) is 51.0 Å². The number of benzene rings is 1. The van der Waals surface area contributed by atoms with E-state index in [4.69, 9.17) is 4.43 Å². The Hall–Kier alpha value is -0.803. The molecule has 0 aliphatic carbocycles. The summed E-state index contributed by atoms with van der Waals surface area (Å²) in [6.07, 6.45) is 0. The second kappa shape index (κ2) is 4.22. The zero-order valence-electron chi connectivity index (χ0n) is 10.7. The maximum atomic E-state index is 6.16. The summed E-state index contributed by atoms with van der Waals surface area (Å²) in [5, 5.41) is 1.53. The number of anilines is 1. The molecule has 0 saturated carbocycles. The van der Waals surface area contributed by atoms with Gasteiger partial charge in [-0.05, 0) is 35.0 Å². The lowest BCUT2D eigenvalue weighted by atomic mass is 10.2. The molecular weight excluding hydrogens is 214 g/mol. The third kappa shape index (κ3) is 1.68. The van der Waals surface area contributed by atoms with Gasteiger partial charge in [-0.3, -0.25) is 0 Å². The van der Waals surface area contributed by atoms with Crippen molar-refractivity contribution in [1.29, 1.82) is 0 Å². The normalized spacial score (nSPS) is 17.2. The third-order valence-corrected chi connectivity index (χ3v) is 8.18. The molecule has 1 aliphatic rings. The lowest BCUT2D eigenvalue weighted by molar-refractivity contribution is 0.312. The average molecular weight is 235 g/mol. The van der Waals surface area contributed by atoms with Crippen LogP contribution in [0.2, 0.25) is 12.1 Å². The van der Waals surface area contributed by atoms with Crippen molar-refractivity contribution in [3.05, 3.63) is 23.8 Å². The van der Waals surface area contributed by atoms with Crippen LogP contribution in [0.4, 0.5) is 5.69 Å². The molecule has 0 bridgehead atoms. The summed E-state index contributed by atoms with van der Waals surface area (Å²) in [6, 6.07) is 9.16. The van der Waals surface area contributed by atoms with Crippen molar-refractivity contribution in [2.45, 2.75) is 32.5 Å². The Bertz CT molecular complexity index is 386. The predicted octanol–water partition coefficient (Wildman–Crippen LogP) is 2.48. The first kappa shape index (κ1) is 11.7. The molecule has 1 aromatic rings. The van der Waals surface area contributed by atoms with Crippen molar-refractivity contribution in [3.8, 4) is 0 Å². The first-order valence-electron chi connectivity index (χ1n) is 6.07. The molecule has 0 saturated heterocycles. The first-order valence-corrected chi connectivity index (χ1v) is 8.40. The van der Waals surface area contributed by atoms with Gasteiger partial charge in [0.25, 0.3) is 0 Å². The van der Waals surface area contributed by atoms with Gasteiger partial charge < -0.3 is 9.33 Å². The summed E-state index contributed by atoms with van der Waals surface area (Å²) >= 11 is 0. The molecule has 88 valence electrons. The minimum absolute atomic E-state index is 0.830. The predicted molar refractivity (Wildman–Crippen MR) is 71.9 cm³/mol. The van der Waals surface area contributed by atoms with Gasteiger partial charge >= 0.3 is 0 Å². The number of hydrogen-bond donors (Lipinski definition) is 0. The zero-order chi connectivity index (χ0) is 11.8. The Morgan fingerprint density at radius 3 is 2.50 bits per heavy atom. The Kier molecular flexibility index (Phi) is 3.08. The summed E-state index contributed by atoms with van der Waals surface area (Å²) in [5.41, 5.74) is 2.71. The minimum atomic E-state index is -1.60. The van der Waals surface area contributed by atoms with Gasteiger partial charge in [0.2, 0.25) is 8.32 Å². The molecule has 0 unspecified atom stereocenters. The smallest absolute Gasteiger partial charge is 0.224 e. The summed E-state index contributed by atoms with van der Waals surface area (Å²) < 4.78 is 6.16. The van der Waals surface area contributed by atoms with E-state index in [9.17, 15) is 0 Å². The second-order valence-corrected chi connectivity index (χ2v) is 8.96. The van der Waals surface area contributed by atoms with Crippen LogP contribution in [-0.2, 0) is 11.0 Å². The van der Waals surface area contributed by atoms with E-state index in [0.29, 0.717) is 0 Å². The van der Waals surface area contributed by atoms with Crippen LogP contribution < -0.4 is 10.1 Å². The zero-order valence-corrected chi connectivity index (χ0v) is 11.7. The van der Waals surface area contributed by atoms with Crippen LogP contribution in [-0.4, -0.2) is 22.4 Å². The van der Waals surface area contributed by atoms with Gasteiger partial charge in [-0.15, -0.1) is 0 Å². The van der Waals surface area contributed by atoms with Crippen molar-refractivity contribution in [1.82, 2.24) is 0 Å². The molecule has 1 heterocycles. The van der Waals surface area contributed by atoms with Crippen molar-refractivity contribution >= 4 is 19.2 Å². The van der Waals surface area contributed by atoms with Crippen LogP contribution in [0.15, 0.2) is 18.2 Å². The first-order chi connectivity index (χ1) is 7.63. The number of nitrogens with zero attached hydrogens (tertiary/aromatic N) is 1. The van der Waals surface area contributed by atoms with Crippen LogP contribution in [0.1, 0.15) is 19.4 Å². The molecule has 16 heavy (non-hydrogen) atoms. The van der Waals surface area contributed by atoms with Crippen LogP contribution >= 0.6 is 0 Å². The Labute approximate surface area is 99.4 Å². The lowest BCUT2D eigenvalue weighted by Gasteiger charge is -2.24. The van der Waals surface area contributed by atoms with E-state index < -0.39 is 8.32 Å². The molecule has 0 aromatic heterocycles. The third-order valence-electron chi connectivity index (χ3n) is 3.75. The van der Waals surface area contributed by atoms with E-state index in [1.54, 1.807) is 0 Å². The van der Waals surface area contributed by atoms with Gasteiger partial charge in [0.1, 0.15) is 0 Å². The SMILES string of the molecule is CC[Si]1(CC)OCc2ccc(N(C)C)cc21. The fourth-order valence-electron chi connectivity index (χ4n) is 2.52. The maximum Gasteiger partial charge on any atom is 0.224 e. The van der Waals surface area contributed by atoms with E-state index in [1.807, 2.05) is 0 Å². The Morgan fingerprint density at radius 2 is 1.94 bits per heavy atom. The van der Waals surface area contributed by atoms with Crippen LogP contribution in [0.5, 0.6) is 0 Å². The highest BCUT2D eigenvalue weighted by Gasteiger charge is 2.40. The number of fused-ring (bicyclic) bond motifs is 1. The maximum absolute atomic E-state index is 6.16. The largest absolute Gasteiger partial charge is 0.408 e. The highest BCUT2D eigenvalue weighted by Crippen LogP contribution is 2.28. The van der Waals surface area contributed by atoms with E-state index in [0.717, 1.165) is 6.61 Å². The molecule has 0 fully saturated rings. The van der Waals surface area contributed by atoms with Crippen molar-refractivity contribution < 1.29 is 4.43 Å². The summed E-state index contributed by atoms with van der Waals surface area (Å²) in [5.74, 6) is 0. The highest BCUT2D eigenvalue weighted by atomic mass is 28.4. The average Bonchev–Trinajstić information content (AvgIpc) is 2.67. The van der Waals surface area contributed by atoms with E-state index in [-0.39, 0.29) is 0 Å². The number of rotatable bonds is 3. The summed E-state index contributed by atoms with van der Waals surface area (Å²) in [4.78, 5) is 2.17. The van der Waals surface area contributed by atoms with E-state index >= 15 is 0 Å². The molecule has 0 radical (unpaired) electrons. The fourth-order valence-corrected chi connectivity index (χ4v) is 5.93. The Balaban J connectivity index is 2.48. The molecule has 3 heteroatoms. The molecular formula is C13H21NOSi. The van der Waals surface area contributed by atoms with Crippen LogP contribution in [0.25, 0.3) is 0 Å². The highest BCUT2D eigenvalue weighted by molar-refractivity contribution is 6.87. The molecule has 0 atom stereocenters. The molecule has 0 amide bonds. The van der Waals surface area contributed by atoms with Crippen LogP contribution in [0, 0.1) is 0 Å². The molecule has 0 N–H and O–H groups in total. The molecule has 1 aliphatic heterocycles. The van der Waals surface area contributed by atoms with Gasteiger partial charge in [0, 0.05) is 19.8 Å². The Morgan fingerprint density at radius 1 is 1.25 bits per heavy atom. The summed E-state index contributed by atoms with van der Waals surface area (Å²) in [6.45, 7) is 5.37. The standard InChI is InChI=1S/C13H21NOSi/c1-5-16(6-2)13-9-12(14(3)4)8-7-11(13)10-15-16/h7-9H,5-6,10H2,1-4H3. The second-order valence-electron chi connectivity index (χ2n) is 4.73. The molecule has 2 nitrogen and oxygen atoms in total. The minimum Gasteiger partial charge on any atom is -0.408 e. The van der Waals surface area contributed by atoms with Crippen molar-refractivity contribution in [3.63, 3.8) is 0 Å². The molecule has 1 aromatic carbocycles. The van der Waals surface area contributed by atoms with Gasteiger partial charge in [0.05, 0.1) is 6.61 Å². The summed E-state index contributed by atoms with van der Waals surface area (Å²) in [7, 11) is 2.59. The van der Waals surface area contributed by atoms with Crippen molar-refractivity contribution in [2.24, 2.45) is 0 Å². The van der Waals surface area contributed by atoms with Crippen molar-refractivity contribution in [2.75, 3.05) is 19.0 Å². The quantitative estimate of drug-likeness (QED) is 0.746. The van der Waals surface area contributed by atoms with Gasteiger partial charge in [-0.1, -0.05) is 19.9 Å². The molecule has 0 spiro atoms. The number of hydrogen-bond acceptors (Lipinski definition) is 2. The molecule has 2 rings (SSSR count). The topological polar surface area (TPSA) is 12.5 Å². The van der Waals surface area contributed by atoms with E-state index in [1.165, 1.54) is 28.5 Å². The monoisotopic (exact) mass is 235 g/mol. The lowest BCUT2D eigenvalue weighted by Crippen LogP contribution is -2.45.